The molecule has 1 aliphatic carbocycles. The maximum atomic E-state index is 12.5. The lowest BCUT2D eigenvalue weighted by molar-refractivity contribution is 0.0495. The summed E-state index contributed by atoms with van der Waals surface area (Å²) < 4.78 is 6.33. The van der Waals surface area contributed by atoms with Gasteiger partial charge in [-0.25, -0.2) is 14.4 Å². The number of fused-ring (bicyclic) bond motifs is 1. The van der Waals surface area contributed by atoms with Crippen molar-refractivity contribution in [1.29, 1.82) is 0 Å². The molecule has 0 bridgehead atoms. The molecule has 1 heterocycles. The molecule has 2 amide bonds. The Morgan fingerprint density at radius 3 is 2.55 bits per heavy atom. The van der Waals surface area contributed by atoms with Crippen LogP contribution in [0.5, 0.6) is 0 Å². The molecule has 0 saturated heterocycles. The van der Waals surface area contributed by atoms with Gasteiger partial charge in [-0.15, -0.1) is 0 Å². The maximum absolute atomic E-state index is 12.5. The van der Waals surface area contributed by atoms with Crippen molar-refractivity contribution in [3.05, 3.63) is 74.9 Å². The number of carbonyl (C=O) groups excluding carboxylic acids is 2. The number of anilines is 1. The number of H-pyrrole nitrogens is 1. The number of nitrogens with one attached hydrogen (secondary N) is 3. The fourth-order valence-electron chi connectivity index (χ4n) is 3.14. The van der Waals surface area contributed by atoms with Crippen molar-refractivity contribution in [2.45, 2.75) is 31.8 Å². The van der Waals surface area contributed by atoms with E-state index in [0.717, 1.165) is 17.4 Å². The van der Waals surface area contributed by atoms with E-state index in [4.69, 9.17) is 4.74 Å². The van der Waals surface area contributed by atoms with Crippen LogP contribution in [0.25, 0.3) is 10.9 Å². The molecule has 1 fully saturated rings. The number of aromatic nitrogens is 2. The minimum atomic E-state index is -0.520. The van der Waals surface area contributed by atoms with Gasteiger partial charge >= 0.3 is 17.7 Å². The van der Waals surface area contributed by atoms with Crippen LogP contribution < -0.4 is 21.9 Å². The first-order valence-corrected chi connectivity index (χ1v) is 10.1. The molecular formula is C22H22N4O5. The fraction of sp³-hybridized carbons (Fsp3) is 0.273. The van der Waals surface area contributed by atoms with E-state index in [0.29, 0.717) is 28.6 Å². The number of esters is 1. The highest BCUT2D eigenvalue weighted by molar-refractivity contribution is 5.92. The van der Waals surface area contributed by atoms with E-state index in [2.05, 4.69) is 15.6 Å². The van der Waals surface area contributed by atoms with E-state index in [1.54, 1.807) is 48.5 Å². The first kappa shape index (κ1) is 20.4. The van der Waals surface area contributed by atoms with Gasteiger partial charge in [0.1, 0.15) is 0 Å². The van der Waals surface area contributed by atoms with Crippen LogP contribution in [0.4, 0.5) is 10.5 Å². The highest BCUT2D eigenvalue weighted by Crippen LogP contribution is 2.19. The Morgan fingerprint density at radius 2 is 1.81 bits per heavy atom. The molecular weight excluding hydrogens is 400 g/mol. The number of ether oxygens (including phenoxy) is 1. The third-order valence-corrected chi connectivity index (χ3v) is 4.94. The molecule has 0 atom stereocenters. The molecule has 1 saturated carbocycles. The van der Waals surface area contributed by atoms with Crippen LogP contribution in [0.15, 0.2) is 58.1 Å². The number of aromatic amines is 1. The average molecular weight is 422 g/mol. The third kappa shape index (κ3) is 5.00. The van der Waals surface area contributed by atoms with Crippen molar-refractivity contribution in [1.82, 2.24) is 14.9 Å². The Hall–Kier alpha value is -3.88. The SMILES string of the molecule is O=C(Nc1ccc(C(=O)OCCCn2c(=O)[nH]c3ccccc3c2=O)cc1)NC1CC1. The monoisotopic (exact) mass is 422 g/mol. The van der Waals surface area contributed by atoms with Gasteiger partial charge in [-0.3, -0.25) is 9.36 Å². The molecule has 4 rings (SSSR count). The predicted molar refractivity (Wildman–Crippen MR) is 115 cm³/mol. The first-order chi connectivity index (χ1) is 15.0. The van der Waals surface area contributed by atoms with Gasteiger partial charge in [-0.1, -0.05) is 12.1 Å². The predicted octanol–water partition coefficient (Wildman–Crippen LogP) is 2.22. The highest BCUT2D eigenvalue weighted by Gasteiger charge is 2.23. The number of amides is 2. The zero-order valence-electron chi connectivity index (χ0n) is 16.7. The summed E-state index contributed by atoms with van der Waals surface area (Å²) in [5.74, 6) is -0.520. The van der Waals surface area contributed by atoms with Gasteiger partial charge < -0.3 is 20.4 Å². The van der Waals surface area contributed by atoms with Crippen molar-refractivity contribution in [3.8, 4) is 0 Å². The smallest absolute Gasteiger partial charge is 0.338 e. The number of carbonyl (C=O) groups is 2. The minimum Gasteiger partial charge on any atom is -0.462 e. The molecule has 1 aromatic heterocycles. The van der Waals surface area contributed by atoms with Crippen LogP contribution in [0, 0.1) is 0 Å². The molecule has 2 aromatic carbocycles. The van der Waals surface area contributed by atoms with Crippen LogP contribution in [-0.2, 0) is 11.3 Å². The van der Waals surface area contributed by atoms with E-state index in [9.17, 15) is 19.2 Å². The molecule has 9 heteroatoms. The molecule has 0 radical (unpaired) electrons. The van der Waals surface area contributed by atoms with Crippen molar-refractivity contribution < 1.29 is 14.3 Å². The quantitative estimate of drug-likeness (QED) is 0.398. The van der Waals surface area contributed by atoms with E-state index in [1.807, 2.05) is 0 Å². The topological polar surface area (TPSA) is 122 Å². The van der Waals surface area contributed by atoms with Crippen molar-refractivity contribution in [3.63, 3.8) is 0 Å². The Kier molecular flexibility index (Phi) is 5.83. The normalized spacial score (nSPS) is 13.0. The highest BCUT2D eigenvalue weighted by atomic mass is 16.5. The van der Waals surface area contributed by atoms with Gasteiger partial charge in [0, 0.05) is 18.3 Å². The zero-order chi connectivity index (χ0) is 21.8. The first-order valence-electron chi connectivity index (χ1n) is 10.1. The molecule has 0 aliphatic heterocycles. The van der Waals surface area contributed by atoms with E-state index >= 15 is 0 Å². The number of hydrogen-bond acceptors (Lipinski definition) is 5. The largest absolute Gasteiger partial charge is 0.462 e. The molecule has 3 aromatic rings. The van der Waals surface area contributed by atoms with Crippen molar-refractivity contribution >= 4 is 28.6 Å². The summed E-state index contributed by atoms with van der Waals surface area (Å²) in [5, 5.41) is 5.95. The second kappa shape index (κ2) is 8.86. The van der Waals surface area contributed by atoms with Gasteiger partial charge in [-0.2, -0.15) is 0 Å². The number of para-hydroxylation sites is 1. The van der Waals surface area contributed by atoms with Gasteiger partial charge in [0.15, 0.2) is 0 Å². The van der Waals surface area contributed by atoms with Crippen molar-refractivity contribution in [2.24, 2.45) is 0 Å². The van der Waals surface area contributed by atoms with Gasteiger partial charge in [-0.05, 0) is 55.7 Å². The van der Waals surface area contributed by atoms with Crippen LogP contribution in [0.2, 0.25) is 0 Å². The summed E-state index contributed by atoms with van der Waals surface area (Å²) in [6.07, 6.45) is 2.32. The van der Waals surface area contributed by atoms with Crippen LogP contribution in [0.3, 0.4) is 0 Å². The molecule has 9 nitrogen and oxygen atoms in total. The van der Waals surface area contributed by atoms with Crippen LogP contribution in [-0.4, -0.2) is 34.2 Å². The van der Waals surface area contributed by atoms with E-state index < -0.39 is 11.7 Å². The second-order valence-corrected chi connectivity index (χ2v) is 7.37. The van der Waals surface area contributed by atoms with Crippen LogP contribution in [0.1, 0.15) is 29.6 Å². The fourth-order valence-corrected chi connectivity index (χ4v) is 3.14. The number of benzene rings is 2. The zero-order valence-corrected chi connectivity index (χ0v) is 16.7. The molecule has 3 N–H and O–H groups in total. The summed E-state index contributed by atoms with van der Waals surface area (Å²) in [6, 6.07) is 13.2. The number of rotatable bonds is 7. The lowest BCUT2D eigenvalue weighted by Crippen LogP contribution is -2.35. The number of nitrogens with zero attached hydrogens (tertiary/aromatic N) is 1. The molecule has 0 spiro atoms. The molecule has 31 heavy (non-hydrogen) atoms. The van der Waals surface area contributed by atoms with Gasteiger partial charge in [0.2, 0.25) is 0 Å². The Bertz CT molecular complexity index is 1230. The standard InChI is InChI=1S/C22H22N4O5/c27-19-17-4-1-2-5-18(17)25-22(30)26(19)12-3-13-31-20(28)14-6-8-15(9-7-14)23-21(29)24-16-10-11-16/h1-2,4-9,16H,3,10-13H2,(H,25,30)(H2,23,24,29). The van der Waals surface area contributed by atoms with E-state index in [1.165, 1.54) is 0 Å². The van der Waals surface area contributed by atoms with Crippen molar-refractivity contribution in [2.75, 3.05) is 11.9 Å². The Balaban J connectivity index is 1.28. The Labute approximate surface area is 177 Å². The summed E-state index contributed by atoms with van der Waals surface area (Å²) >= 11 is 0. The summed E-state index contributed by atoms with van der Waals surface area (Å²) in [6.45, 7) is 0.187. The number of hydrogen-bond donors (Lipinski definition) is 3. The summed E-state index contributed by atoms with van der Waals surface area (Å²) in [5.41, 5.74) is 0.532. The van der Waals surface area contributed by atoms with E-state index in [-0.39, 0.29) is 30.8 Å². The lowest BCUT2D eigenvalue weighted by Gasteiger charge is -2.09. The third-order valence-electron chi connectivity index (χ3n) is 4.94. The van der Waals surface area contributed by atoms with Gasteiger partial charge in [0.05, 0.1) is 23.1 Å². The second-order valence-electron chi connectivity index (χ2n) is 7.37. The number of urea groups is 1. The molecule has 1 aliphatic rings. The molecule has 0 unspecified atom stereocenters. The van der Waals surface area contributed by atoms with Gasteiger partial charge in [0.25, 0.3) is 5.56 Å². The summed E-state index contributed by atoms with van der Waals surface area (Å²) in [4.78, 5) is 51.2. The minimum absolute atomic E-state index is 0.0569. The Morgan fingerprint density at radius 1 is 1.06 bits per heavy atom. The lowest BCUT2D eigenvalue weighted by atomic mass is 10.2. The van der Waals surface area contributed by atoms with Crippen LogP contribution >= 0.6 is 0 Å². The maximum Gasteiger partial charge on any atom is 0.338 e. The summed E-state index contributed by atoms with van der Waals surface area (Å²) in [7, 11) is 0. The average Bonchev–Trinajstić information content (AvgIpc) is 3.57. The molecule has 160 valence electrons.